The van der Waals surface area contributed by atoms with E-state index in [4.69, 9.17) is 4.74 Å². The van der Waals surface area contributed by atoms with E-state index in [1.165, 1.54) is 0 Å². The topological polar surface area (TPSA) is 63.2 Å². The van der Waals surface area contributed by atoms with Crippen LogP contribution in [0.4, 0.5) is 5.69 Å². The third-order valence-electron chi connectivity index (χ3n) is 3.84. The zero-order chi connectivity index (χ0) is 15.9. The van der Waals surface area contributed by atoms with Crippen LogP contribution in [-0.2, 0) is 11.4 Å². The van der Waals surface area contributed by atoms with Gasteiger partial charge in [0.05, 0.1) is 0 Å². The number of rotatable bonds is 6. The van der Waals surface area contributed by atoms with Gasteiger partial charge in [-0.25, -0.2) is 0 Å². The van der Waals surface area contributed by atoms with Gasteiger partial charge in [0.2, 0.25) is 5.91 Å². The maximum Gasteiger partial charge on any atom is 0.225 e. The lowest BCUT2D eigenvalue weighted by Crippen LogP contribution is -2.27. The highest BCUT2D eigenvalue weighted by atomic mass is 35.5. The average Bonchev–Trinajstić information content (AvgIpc) is 3.07. The van der Waals surface area contributed by atoms with Crippen LogP contribution in [0.1, 0.15) is 24.8 Å². The second-order valence-corrected chi connectivity index (χ2v) is 5.72. The smallest absolute Gasteiger partial charge is 0.225 e. The molecule has 1 atom stereocenters. The molecule has 5 nitrogen and oxygen atoms in total. The van der Waals surface area contributed by atoms with E-state index < -0.39 is 0 Å². The monoisotopic (exact) mass is 383 g/mol. The van der Waals surface area contributed by atoms with Crippen LogP contribution in [0.25, 0.3) is 0 Å². The van der Waals surface area contributed by atoms with Gasteiger partial charge >= 0.3 is 0 Å². The summed E-state index contributed by atoms with van der Waals surface area (Å²) in [5.41, 5.74) is 1.77. The number of pyridine rings is 1. The van der Waals surface area contributed by atoms with Crippen LogP contribution in [0.15, 0.2) is 48.8 Å². The number of nitrogens with one attached hydrogen (secondary N) is 2. The Kier molecular flexibility index (Phi) is 9.27. The summed E-state index contributed by atoms with van der Waals surface area (Å²) >= 11 is 0. The number of ether oxygens (including phenoxy) is 1. The van der Waals surface area contributed by atoms with Crippen LogP contribution in [0, 0.1) is 0 Å². The van der Waals surface area contributed by atoms with E-state index in [9.17, 15) is 4.79 Å². The van der Waals surface area contributed by atoms with Crippen LogP contribution >= 0.6 is 24.8 Å². The molecule has 2 aromatic rings. The number of benzene rings is 1. The first kappa shape index (κ1) is 21.2. The Bertz CT molecular complexity index is 650. The van der Waals surface area contributed by atoms with Crippen LogP contribution in [0.3, 0.4) is 0 Å². The van der Waals surface area contributed by atoms with Crippen molar-refractivity contribution in [3.8, 4) is 5.75 Å². The van der Waals surface area contributed by atoms with Crippen molar-refractivity contribution < 1.29 is 9.53 Å². The fraction of sp³-hybridized carbons (Fsp3) is 0.333. The predicted molar refractivity (Wildman–Crippen MR) is 104 cm³/mol. The normalized spacial score (nSPS) is 15.6. The Morgan fingerprint density at radius 1 is 1.28 bits per heavy atom. The van der Waals surface area contributed by atoms with Crippen LogP contribution in [0.2, 0.25) is 0 Å². The first-order valence-corrected chi connectivity index (χ1v) is 7.94. The number of carbonyl (C=O) groups excluding carboxylic acids is 1. The fourth-order valence-electron chi connectivity index (χ4n) is 2.68. The van der Waals surface area contributed by atoms with Crippen LogP contribution in [0.5, 0.6) is 5.75 Å². The Hall–Kier alpha value is -1.82. The van der Waals surface area contributed by atoms with E-state index in [1.54, 1.807) is 12.4 Å². The highest BCUT2D eigenvalue weighted by molar-refractivity contribution is 5.91. The number of amides is 1. The molecule has 1 aromatic heterocycles. The number of hydrogen-bond acceptors (Lipinski definition) is 4. The molecule has 0 spiro atoms. The Morgan fingerprint density at radius 2 is 2.16 bits per heavy atom. The van der Waals surface area contributed by atoms with E-state index in [0.717, 1.165) is 36.4 Å². The third-order valence-corrected chi connectivity index (χ3v) is 3.84. The van der Waals surface area contributed by atoms with Crippen LogP contribution < -0.4 is 15.4 Å². The second kappa shape index (κ2) is 10.9. The summed E-state index contributed by atoms with van der Waals surface area (Å²) in [5, 5.41) is 6.27. The quantitative estimate of drug-likeness (QED) is 0.799. The van der Waals surface area contributed by atoms with Crippen molar-refractivity contribution in [3.05, 3.63) is 54.4 Å². The molecule has 1 fully saturated rings. The van der Waals surface area contributed by atoms with Crippen molar-refractivity contribution in [3.63, 3.8) is 0 Å². The van der Waals surface area contributed by atoms with Crippen molar-refractivity contribution in [2.45, 2.75) is 31.9 Å². The highest BCUT2D eigenvalue weighted by Crippen LogP contribution is 2.19. The van der Waals surface area contributed by atoms with E-state index in [1.807, 2.05) is 36.4 Å². The SMILES string of the molecule is Cl.Cl.O=C(CC1CCCN1)Nc1cccc(OCc2cccnc2)c1. The average molecular weight is 384 g/mol. The molecule has 25 heavy (non-hydrogen) atoms. The summed E-state index contributed by atoms with van der Waals surface area (Å²) < 4.78 is 5.74. The molecule has 1 aliphatic heterocycles. The molecular formula is C18H23Cl2N3O2. The van der Waals surface area contributed by atoms with Crippen LogP contribution in [-0.4, -0.2) is 23.5 Å². The van der Waals surface area contributed by atoms with Crippen molar-refractivity contribution in [1.82, 2.24) is 10.3 Å². The van der Waals surface area contributed by atoms with Gasteiger partial charge < -0.3 is 15.4 Å². The zero-order valence-corrected chi connectivity index (χ0v) is 15.4. The Labute approximate surface area is 160 Å². The summed E-state index contributed by atoms with van der Waals surface area (Å²) in [5.74, 6) is 0.763. The molecule has 0 radical (unpaired) electrons. The van der Waals surface area contributed by atoms with Gasteiger partial charge in [-0.05, 0) is 37.6 Å². The van der Waals surface area contributed by atoms with Crippen molar-refractivity contribution in [1.29, 1.82) is 0 Å². The molecule has 136 valence electrons. The lowest BCUT2D eigenvalue weighted by atomic mass is 10.1. The third kappa shape index (κ3) is 6.90. The predicted octanol–water partition coefficient (Wildman–Crippen LogP) is 3.58. The molecule has 3 rings (SSSR count). The number of aromatic nitrogens is 1. The molecule has 2 heterocycles. The van der Waals surface area contributed by atoms with Gasteiger partial charge in [-0.15, -0.1) is 24.8 Å². The summed E-state index contributed by atoms with van der Waals surface area (Å²) in [6, 6.07) is 11.6. The first-order chi connectivity index (χ1) is 11.3. The lowest BCUT2D eigenvalue weighted by molar-refractivity contribution is -0.116. The van der Waals surface area contributed by atoms with E-state index in [-0.39, 0.29) is 30.7 Å². The number of carbonyl (C=O) groups is 1. The molecule has 0 bridgehead atoms. The van der Waals surface area contributed by atoms with Gasteiger partial charge in [-0.1, -0.05) is 12.1 Å². The van der Waals surface area contributed by atoms with Gasteiger partial charge in [0.1, 0.15) is 12.4 Å². The van der Waals surface area contributed by atoms with E-state index in [2.05, 4.69) is 15.6 Å². The molecule has 0 aliphatic carbocycles. The number of anilines is 1. The first-order valence-electron chi connectivity index (χ1n) is 7.94. The molecule has 1 unspecified atom stereocenters. The Morgan fingerprint density at radius 3 is 2.88 bits per heavy atom. The fourth-order valence-corrected chi connectivity index (χ4v) is 2.68. The molecule has 1 aromatic carbocycles. The standard InChI is InChI=1S/C18H21N3O2.2ClH/c22-18(11-15-6-3-9-20-15)21-16-5-1-7-17(10-16)23-13-14-4-2-8-19-12-14;;/h1-2,4-5,7-8,10,12,15,20H,3,6,9,11,13H2,(H,21,22);2*1H. The molecule has 7 heteroatoms. The minimum Gasteiger partial charge on any atom is -0.489 e. The minimum absolute atomic E-state index is 0. The van der Waals surface area contributed by atoms with E-state index >= 15 is 0 Å². The molecular weight excluding hydrogens is 361 g/mol. The summed E-state index contributed by atoms with van der Waals surface area (Å²) in [4.78, 5) is 16.1. The lowest BCUT2D eigenvalue weighted by Gasteiger charge is -2.12. The summed E-state index contributed by atoms with van der Waals surface area (Å²) in [6.45, 7) is 1.47. The van der Waals surface area contributed by atoms with Gasteiger partial charge in [0.15, 0.2) is 0 Å². The summed E-state index contributed by atoms with van der Waals surface area (Å²) in [7, 11) is 0. The largest absolute Gasteiger partial charge is 0.489 e. The number of hydrogen-bond donors (Lipinski definition) is 2. The number of nitrogens with zero attached hydrogens (tertiary/aromatic N) is 1. The van der Waals surface area contributed by atoms with Gasteiger partial charge in [0.25, 0.3) is 0 Å². The molecule has 1 saturated heterocycles. The number of halogens is 2. The molecule has 1 aliphatic rings. The Balaban J connectivity index is 0.00000156. The van der Waals surface area contributed by atoms with Crippen molar-refractivity contribution >= 4 is 36.4 Å². The minimum atomic E-state index is 0. The van der Waals surface area contributed by atoms with Crippen molar-refractivity contribution in [2.24, 2.45) is 0 Å². The zero-order valence-electron chi connectivity index (χ0n) is 13.8. The molecule has 2 N–H and O–H groups in total. The molecule has 0 saturated carbocycles. The molecule has 1 amide bonds. The van der Waals surface area contributed by atoms with E-state index in [0.29, 0.717) is 19.1 Å². The summed E-state index contributed by atoms with van der Waals surface area (Å²) in [6.07, 6.45) is 6.25. The maximum absolute atomic E-state index is 12.1. The maximum atomic E-state index is 12.1. The second-order valence-electron chi connectivity index (χ2n) is 5.72. The van der Waals surface area contributed by atoms with Gasteiger partial charge in [-0.3, -0.25) is 9.78 Å². The van der Waals surface area contributed by atoms with Crippen molar-refractivity contribution in [2.75, 3.05) is 11.9 Å². The van der Waals surface area contributed by atoms with Gasteiger partial charge in [0, 0.05) is 42.2 Å². The highest BCUT2D eigenvalue weighted by Gasteiger charge is 2.17. The van der Waals surface area contributed by atoms with Gasteiger partial charge in [-0.2, -0.15) is 0 Å².